The topological polar surface area (TPSA) is 86.0 Å². The molecule has 3 aromatic rings. The fraction of sp³-hybridized carbons (Fsp3) is 0.381. The van der Waals surface area contributed by atoms with Gasteiger partial charge < -0.3 is 9.64 Å². The van der Waals surface area contributed by atoms with E-state index in [1.807, 2.05) is 0 Å². The predicted molar refractivity (Wildman–Crippen MR) is 105 cm³/mol. The van der Waals surface area contributed by atoms with E-state index in [0.29, 0.717) is 12.1 Å². The van der Waals surface area contributed by atoms with Crippen molar-refractivity contribution in [3.8, 4) is 11.7 Å². The number of aromatic nitrogens is 5. The molecule has 2 fully saturated rings. The second-order valence-electron chi connectivity index (χ2n) is 8.02. The van der Waals surface area contributed by atoms with Crippen LogP contribution in [0.5, 0.6) is 6.01 Å². The number of benzene rings is 1. The van der Waals surface area contributed by atoms with Crippen molar-refractivity contribution in [1.82, 2.24) is 29.9 Å². The lowest BCUT2D eigenvalue weighted by Gasteiger charge is -2.25. The molecule has 5 rings (SSSR count). The van der Waals surface area contributed by atoms with Crippen molar-refractivity contribution in [3.63, 3.8) is 0 Å². The number of alkyl halides is 3. The Kier molecular flexibility index (Phi) is 5.22. The number of amides is 1. The van der Waals surface area contributed by atoms with E-state index in [2.05, 4.69) is 20.2 Å². The van der Waals surface area contributed by atoms with Gasteiger partial charge in [0.05, 0.1) is 30.3 Å². The maximum absolute atomic E-state index is 14.0. The van der Waals surface area contributed by atoms with Gasteiger partial charge in [-0.05, 0) is 43.5 Å². The minimum absolute atomic E-state index is 0.0692. The standard InChI is InChI=1S/C21H18F4N6O2/c22-13-1-3-17(31-27-7-8-28-31)15(10-13)19(32)30-14-2-4-16(30)12(9-14)11-33-20-26-6-5-18(29-20)21(23,24)25/h1,3,5-8,10,12,14,16H,2,4,9,11H2. The van der Waals surface area contributed by atoms with Crippen LogP contribution in [0.2, 0.25) is 0 Å². The quantitative estimate of drug-likeness (QED) is 0.541. The van der Waals surface area contributed by atoms with Crippen LogP contribution in [0.4, 0.5) is 17.6 Å². The lowest BCUT2D eigenvalue weighted by Crippen LogP contribution is -2.38. The van der Waals surface area contributed by atoms with Crippen LogP contribution in [0.15, 0.2) is 42.9 Å². The average Bonchev–Trinajstić information content (AvgIpc) is 3.53. The zero-order valence-electron chi connectivity index (χ0n) is 17.1. The van der Waals surface area contributed by atoms with Crippen molar-refractivity contribution in [2.75, 3.05) is 6.61 Å². The van der Waals surface area contributed by atoms with Crippen LogP contribution in [0.3, 0.4) is 0 Å². The summed E-state index contributed by atoms with van der Waals surface area (Å²) >= 11 is 0. The highest BCUT2D eigenvalue weighted by Crippen LogP contribution is 2.43. The normalized spacial score (nSPS) is 22.1. The molecule has 2 aromatic heterocycles. The summed E-state index contributed by atoms with van der Waals surface area (Å²) in [6.07, 6.45) is 1.45. The molecule has 0 N–H and O–H groups in total. The van der Waals surface area contributed by atoms with E-state index in [1.165, 1.54) is 35.4 Å². The van der Waals surface area contributed by atoms with Gasteiger partial charge in [0.2, 0.25) is 0 Å². The van der Waals surface area contributed by atoms with Crippen molar-refractivity contribution >= 4 is 5.91 Å². The summed E-state index contributed by atoms with van der Waals surface area (Å²) in [7, 11) is 0. The Bertz CT molecular complexity index is 1170. The fourth-order valence-corrected chi connectivity index (χ4v) is 4.69. The number of halogens is 4. The van der Waals surface area contributed by atoms with E-state index in [4.69, 9.17) is 4.74 Å². The van der Waals surface area contributed by atoms with E-state index in [1.54, 1.807) is 4.90 Å². The maximum atomic E-state index is 14.0. The summed E-state index contributed by atoms with van der Waals surface area (Å²) in [6.45, 7) is 0.0724. The molecule has 2 aliphatic rings. The molecule has 2 aliphatic heterocycles. The van der Waals surface area contributed by atoms with Crippen molar-refractivity contribution < 1.29 is 27.1 Å². The van der Waals surface area contributed by atoms with Gasteiger partial charge in [-0.25, -0.2) is 9.37 Å². The lowest BCUT2D eigenvalue weighted by molar-refractivity contribution is -0.141. The maximum Gasteiger partial charge on any atom is 0.433 e. The molecule has 1 aromatic carbocycles. The first-order chi connectivity index (χ1) is 15.8. The zero-order chi connectivity index (χ0) is 23.2. The van der Waals surface area contributed by atoms with Gasteiger partial charge in [-0.1, -0.05) is 0 Å². The summed E-state index contributed by atoms with van der Waals surface area (Å²) in [5, 5.41) is 8.08. The van der Waals surface area contributed by atoms with E-state index in [-0.39, 0.29) is 42.1 Å². The molecule has 0 radical (unpaired) electrons. The first-order valence-electron chi connectivity index (χ1n) is 10.3. The Morgan fingerprint density at radius 1 is 1.12 bits per heavy atom. The smallest absolute Gasteiger partial charge is 0.433 e. The Morgan fingerprint density at radius 3 is 2.67 bits per heavy atom. The van der Waals surface area contributed by atoms with Crippen LogP contribution in [-0.4, -0.2) is 54.5 Å². The number of hydrogen-bond donors (Lipinski definition) is 0. The summed E-state index contributed by atoms with van der Waals surface area (Å²) in [5.74, 6) is -1.000. The number of carbonyl (C=O) groups excluding carboxylic acids is 1. The van der Waals surface area contributed by atoms with Gasteiger partial charge in [0.25, 0.3) is 5.91 Å². The third-order valence-corrected chi connectivity index (χ3v) is 6.07. The number of ether oxygens (including phenoxy) is 1. The second kappa shape index (κ2) is 8.09. The molecule has 2 saturated heterocycles. The van der Waals surface area contributed by atoms with Crippen LogP contribution in [0, 0.1) is 11.7 Å². The van der Waals surface area contributed by atoms with E-state index in [9.17, 15) is 22.4 Å². The second-order valence-corrected chi connectivity index (χ2v) is 8.02. The minimum Gasteiger partial charge on any atom is -0.463 e. The largest absolute Gasteiger partial charge is 0.463 e. The molecule has 3 unspecified atom stereocenters. The van der Waals surface area contributed by atoms with E-state index in [0.717, 1.165) is 25.1 Å². The average molecular weight is 462 g/mol. The molecule has 1 amide bonds. The zero-order valence-corrected chi connectivity index (χ0v) is 17.1. The van der Waals surface area contributed by atoms with Gasteiger partial charge >= 0.3 is 12.2 Å². The molecule has 12 heteroatoms. The van der Waals surface area contributed by atoms with Gasteiger partial charge in [-0.3, -0.25) is 4.79 Å². The highest BCUT2D eigenvalue weighted by atomic mass is 19.4. The van der Waals surface area contributed by atoms with Gasteiger partial charge in [0.15, 0.2) is 5.69 Å². The Morgan fingerprint density at radius 2 is 1.91 bits per heavy atom. The van der Waals surface area contributed by atoms with Crippen LogP contribution < -0.4 is 4.74 Å². The predicted octanol–water partition coefficient (Wildman–Crippen LogP) is 3.29. The number of carbonyl (C=O) groups is 1. The SMILES string of the molecule is O=C(c1cc(F)ccc1-n1nccn1)N1C2CCC1C(COc1nccc(C(F)(F)F)n1)C2. The first kappa shape index (κ1) is 21.3. The molecular formula is C21H18F4N6O2. The fourth-order valence-electron chi connectivity index (χ4n) is 4.69. The van der Waals surface area contributed by atoms with E-state index >= 15 is 0 Å². The van der Waals surface area contributed by atoms with Crippen LogP contribution in [0.25, 0.3) is 5.69 Å². The van der Waals surface area contributed by atoms with Crippen LogP contribution in [-0.2, 0) is 6.18 Å². The summed E-state index contributed by atoms with van der Waals surface area (Å²) in [6, 6.07) is 4.01. The molecule has 4 heterocycles. The monoisotopic (exact) mass is 462 g/mol. The number of nitrogens with zero attached hydrogens (tertiary/aromatic N) is 6. The molecule has 0 aliphatic carbocycles. The number of hydrogen-bond acceptors (Lipinski definition) is 6. The molecule has 0 saturated carbocycles. The molecule has 0 spiro atoms. The Hall–Kier alpha value is -3.57. The summed E-state index contributed by atoms with van der Waals surface area (Å²) < 4.78 is 58.1. The third kappa shape index (κ3) is 4.00. The first-order valence-corrected chi connectivity index (χ1v) is 10.3. The van der Waals surface area contributed by atoms with Crippen molar-refractivity contribution in [3.05, 3.63) is 59.9 Å². The van der Waals surface area contributed by atoms with Crippen molar-refractivity contribution in [2.45, 2.75) is 37.5 Å². The van der Waals surface area contributed by atoms with Crippen molar-refractivity contribution in [2.24, 2.45) is 5.92 Å². The number of fused-ring (bicyclic) bond motifs is 2. The van der Waals surface area contributed by atoms with Gasteiger partial charge in [-0.15, -0.1) is 0 Å². The van der Waals surface area contributed by atoms with Gasteiger partial charge in [-0.2, -0.15) is 33.1 Å². The number of rotatable bonds is 5. The molecular weight excluding hydrogens is 444 g/mol. The third-order valence-electron chi connectivity index (χ3n) is 6.07. The Balaban J connectivity index is 1.33. The summed E-state index contributed by atoms with van der Waals surface area (Å²) in [5.41, 5.74) is -0.572. The van der Waals surface area contributed by atoms with Gasteiger partial charge in [0.1, 0.15) is 5.82 Å². The minimum atomic E-state index is -4.59. The lowest BCUT2D eigenvalue weighted by atomic mass is 9.90. The van der Waals surface area contributed by atoms with Crippen LogP contribution in [0.1, 0.15) is 35.3 Å². The van der Waals surface area contributed by atoms with Crippen molar-refractivity contribution in [1.29, 1.82) is 0 Å². The highest BCUT2D eigenvalue weighted by Gasteiger charge is 2.49. The highest BCUT2D eigenvalue weighted by molar-refractivity contribution is 5.98. The van der Waals surface area contributed by atoms with Gasteiger partial charge in [0, 0.05) is 24.2 Å². The molecule has 3 atom stereocenters. The van der Waals surface area contributed by atoms with E-state index < -0.39 is 17.7 Å². The molecule has 172 valence electrons. The summed E-state index contributed by atoms with van der Waals surface area (Å²) in [4.78, 5) is 23.6. The molecule has 8 nitrogen and oxygen atoms in total. The van der Waals surface area contributed by atoms with Crippen LogP contribution >= 0.6 is 0 Å². The molecule has 33 heavy (non-hydrogen) atoms. The molecule has 2 bridgehead atoms. The Labute approximate surface area is 185 Å².